The number of rotatable bonds is 0. The lowest BCUT2D eigenvalue weighted by Crippen LogP contribution is -2.06. The van der Waals surface area contributed by atoms with Gasteiger partial charge in [-0.05, 0) is 37.3 Å². The molecule has 0 fully saturated rings. The predicted molar refractivity (Wildman–Crippen MR) is 45.6 cm³/mol. The van der Waals surface area contributed by atoms with Crippen molar-refractivity contribution >= 4 is 0 Å². The zero-order valence-electron chi connectivity index (χ0n) is 6.88. The van der Waals surface area contributed by atoms with Crippen LogP contribution in [0.25, 0.3) is 0 Å². The van der Waals surface area contributed by atoms with Crippen LogP contribution in [0.1, 0.15) is 29.7 Å². The quantitative estimate of drug-likeness (QED) is 0.577. The smallest absolute Gasteiger partial charge is 0.0995 e. The van der Waals surface area contributed by atoms with Crippen molar-refractivity contribution in [3.05, 3.63) is 29.1 Å². The Balaban J connectivity index is 2.53. The minimum absolute atomic E-state index is 0.819. The Labute approximate surface area is 71.9 Å². The normalized spacial score (nSPS) is 14.9. The van der Waals surface area contributed by atoms with Crippen LogP contribution in [0.3, 0.4) is 0 Å². The lowest BCUT2D eigenvalue weighted by Gasteiger charge is -2.14. The van der Waals surface area contributed by atoms with Gasteiger partial charge in [0.05, 0.1) is 11.6 Å². The van der Waals surface area contributed by atoms with Crippen LogP contribution < -0.4 is 0 Å². The van der Waals surface area contributed by atoms with Crippen molar-refractivity contribution in [2.24, 2.45) is 0 Å². The second-order valence-corrected chi connectivity index (χ2v) is 3.10. The lowest BCUT2D eigenvalue weighted by molar-refractivity contribution is 0.666. The van der Waals surface area contributed by atoms with E-state index in [1.807, 2.05) is 6.07 Å². The Kier molecular flexibility index (Phi) is 1.79. The van der Waals surface area contributed by atoms with Crippen LogP contribution in [-0.2, 0) is 12.8 Å². The molecule has 1 heterocycles. The number of pyridine rings is 1. The van der Waals surface area contributed by atoms with Crippen LogP contribution in [0.2, 0.25) is 0 Å². The zero-order valence-corrected chi connectivity index (χ0v) is 6.88. The van der Waals surface area contributed by atoms with Gasteiger partial charge in [0.15, 0.2) is 0 Å². The molecule has 1 aromatic rings. The molecule has 1 aliphatic carbocycles. The molecule has 0 saturated carbocycles. The number of nitriles is 1. The van der Waals surface area contributed by atoms with Gasteiger partial charge in [-0.25, -0.2) is 0 Å². The summed E-state index contributed by atoms with van der Waals surface area (Å²) in [7, 11) is 0. The second-order valence-electron chi connectivity index (χ2n) is 3.10. The van der Waals surface area contributed by atoms with Crippen LogP contribution in [-0.4, -0.2) is 4.98 Å². The van der Waals surface area contributed by atoms with E-state index in [1.54, 1.807) is 6.20 Å². The van der Waals surface area contributed by atoms with Gasteiger partial charge < -0.3 is 0 Å². The lowest BCUT2D eigenvalue weighted by atomic mass is 9.93. The van der Waals surface area contributed by atoms with Crippen molar-refractivity contribution in [1.82, 2.24) is 4.98 Å². The van der Waals surface area contributed by atoms with Gasteiger partial charge >= 0.3 is 0 Å². The van der Waals surface area contributed by atoms with Crippen molar-refractivity contribution < 1.29 is 0 Å². The first kappa shape index (κ1) is 7.30. The minimum Gasteiger partial charge on any atom is -0.261 e. The molecule has 1 aliphatic rings. The van der Waals surface area contributed by atoms with Gasteiger partial charge in [-0.1, -0.05) is 0 Å². The number of hydrogen-bond acceptors (Lipinski definition) is 2. The third kappa shape index (κ3) is 1.08. The molecular formula is C10H10N2. The van der Waals surface area contributed by atoms with Gasteiger partial charge in [-0.15, -0.1) is 0 Å². The summed E-state index contributed by atoms with van der Waals surface area (Å²) in [6.07, 6.45) is 6.24. The molecule has 0 amide bonds. The van der Waals surface area contributed by atoms with E-state index < -0.39 is 0 Å². The molecule has 0 N–H and O–H groups in total. The predicted octanol–water partition coefficient (Wildman–Crippen LogP) is 1.83. The number of aromatic nitrogens is 1. The molecule has 0 bridgehead atoms. The van der Waals surface area contributed by atoms with Gasteiger partial charge in [0, 0.05) is 11.9 Å². The summed E-state index contributed by atoms with van der Waals surface area (Å²) >= 11 is 0. The van der Waals surface area contributed by atoms with Crippen LogP contribution in [0.4, 0.5) is 0 Å². The molecule has 0 unspecified atom stereocenters. The molecule has 0 atom stereocenters. The van der Waals surface area contributed by atoms with Gasteiger partial charge in [0.25, 0.3) is 0 Å². The molecule has 0 aliphatic heterocycles. The van der Waals surface area contributed by atoms with Crippen LogP contribution >= 0.6 is 0 Å². The van der Waals surface area contributed by atoms with Crippen molar-refractivity contribution in [3.8, 4) is 6.07 Å². The summed E-state index contributed by atoms with van der Waals surface area (Å²) in [4.78, 5) is 4.28. The number of hydrogen-bond donors (Lipinski definition) is 0. The Morgan fingerprint density at radius 1 is 1.33 bits per heavy atom. The maximum absolute atomic E-state index is 8.82. The zero-order chi connectivity index (χ0) is 8.39. The molecule has 0 aromatic carbocycles. The summed E-state index contributed by atoms with van der Waals surface area (Å²) in [6.45, 7) is 0. The second kappa shape index (κ2) is 2.94. The molecule has 1 aromatic heterocycles. The summed E-state index contributed by atoms with van der Waals surface area (Å²) in [5.74, 6) is 0. The average molecular weight is 158 g/mol. The summed E-state index contributed by atoms with van der Waals surface area (Å²) < 4.78 is 0. The third-order valence-corrected chi connectivity index (χ3v) is 2.36. The van der Waals surface area contributed by atoms with E-state index in [9.17, 15) is 0 Å². The van der Waals surface area contributed by atoms with E-state index in [-0.39, 0.29) is 0 Å². The molecule has 0 saturated heterocycles. The van der Waals surface area contributed by atoms with E-state index >= 15 is 0 Å². The first-order chi connectivity index (χ1) is 5.92. The van der Waals surface area contributed by atoms with Gasteiger partial charge in [0.1, 0.15) is 0 Å². The minimum atomic E-state index is 0.819. The third-order valence-electron chi connectivity index (χ3n) is 2.36. The topological polar surface area (TPSA) is 36.7 Å². The van der Waals surface area contributed by atoms with E-state index in [1.165, 1.54) is 18.4 Å². The molecule has 2 heteroatoms. The van der Waals surface area contributed by atoms with Crippen molar-refractivity contribution in [2.45, 2.75) is 25.7 Å². The van der Waals surface area contributed by atoms with Gasteiger partial charge in [0.2, 0.25) is 0 Å². The number of nitrogens with zero attached hydrogens (tertiary/aromatic N) is 2. The molecule has 60 valence electrons. The van der Waals surface area contributed by atoms with Crippen LogP contribution in [0, 0.1) is 11.3 Å². The highest BCUT2D eigenvalue weighted by molar-refractivity contribution is 5.40. The maximum atomic E-state index is 8.82. The maximum Gasteiger partial charge on any atom is 0.0995 e. The first-order valence-electron chi connectivity index (χ1n) is 4.28. The Bertz CT molecular complexity index is 336. The SMILES string of the molecule is N#Cc1ccnc2c1CCCC2. The van der Waals surface area contributed by atoms with Crippen molar-refractivity contribution in [3.63, 3.8) is 0 Å². The Hall–Kier alpha value is -1.36. The molecule has 12 heavy (non-hydrogen) atoms. The highest BCUT2D eigenvalue weighted by Crippen LogP contribution is 2.21. The molecule has 0 radical (unpaired) electrons. The summed E-state index contributed by atoms with van der Waals surface area (Å²) in [5.41, 5.74) is 3.14. The summed E-state index contributed by atoms with van der Waals surface area (Å²) in [5, 5.41) is 8.82. The largest absolute Gasteiger partial charge is 0.261 e. The average Bonchev–Trinajstić information content (AvgIpc) is 2.17. The van der Waals surface area contributed by atoms with E-state index in [0.29, 0.717) is 0 Å². The highest BCUT2D eigenvalue weighted by atomic mass is 14.7. The van der Waals surface area contributed by atoms with Crippen LogP contribution in [0.15, 0.2) is 12.3 Å². The highest BCUT2D eigenvalue weighted by Gasteiger charge is 2.13. The monoisotopic (exact) mass is 158 g/mol. The molecule has 2 rings (SSSR count). The first-order valence-corrected chi connectivity index (χ1v) is 4.28. The standard InChI is InChI=1S/C10H10N2/c11-7-8-5-6-12-10-4-2-1-3-9(8)10/h5-6H,1-4H2. The number of aryl methyl sites for hydroxylation is 1. The summed E-state index contributed by atoms with van der Waals surface area (Å²) in [6, 6.07) is 4.02. The van der Waals surface area contributed by atoms with Gasteiger partial charge in [-0.2, -0.15) is 5.26 Å². The Morgan fingerprint density at radius 2 is 2.17 bits per heavy atom. The number of fused-ring (bicyclic) bond motifs is 1. The van der Waals surface area contributed by atoms with E-state index in [0.717, 1.165) is 24.1 Å². The molecule has 2 nitrogen and oxygen atoms in total. The van der Waals surface area contributed by atoms with Gasteiger partial charge in [-0.3, -0.25) is 4.98 Å². The van der Waals surface area contributed by atoms with Crippen LogP contribution in [0.5, 0.6) is 0 Å². The fourth-order valence-electron chi connectivity index (χ4n) is 1.73. The fraction of sp³-hybridized carbons (Fsp3) is 0.400. The van der Waals surface area contributed by atoms with E-state index in [4.69, 9.17) is 5.26 Å². The van der Waals surface area contributed by atoms with Crippen molar-refractivity contribution in [1.29, 1.82) is 5.26 Å². The molecular weight excluding hydrogens is 148 g/mol. The molecule has 0 spiro atoms. The fourth-order valence-corrected chi connectivity index (χ4v) is 1.73. The van der Waals surface area contributed by atoms with E-state index in [2.05, 4.69) is 11.1 Å². The Morgan fingerprint density at radius 3 is 3.00 bits per heavy atom. The van der Waals surface area contributed by atoms with Crippen molar-refractivity contribution in [2.75, 3.05) is 0 Å².